The molecule has 0 bridgehead atoms. The highest BCUT2D eigenvalue weighted by Gasteiger charge is 2.16. The number of H-pyrrole nitrogens is 1. The average Bonchev–Trinajstić information content (AvgIpc) is 3.00. The minimum Gasteiger partial charge on any atom is -0.378 e. The van der Waals surface area contributed by atoms with Crippen LogP contribution in [0.1, 0.15) is 11.4 Å². The van der Waals surface area contributed by atoms with Gasteiger partial charge in [-0.25, -0.2) is 9.97 Å². The van der Waals surface area contributed by atoms with Gasteiger partial charge in [-0.15, -0.1) is 0 Å². The minimum absolute atomic E-state index is 0.429. The van der Waals surface area contributed by atoms with Gasteiger partial charge in [-0.3, -0.25) is 4.21 Å². The molecule has 1 saturated heterocycles. The van der Waals surface area contributed by atoms with Gasteiger partial charge in [0.05, 0.1) is 24.7 Å². The van der Waals surface area contributed by atoms with Gasteiger partial charge in [0.1, 0.15) is 5.82 Å². The Bertz CT molecular complexity index is 963. The Labute approximate surface area is 155 Å². The van der Waals surface area contributed by atoms with Crippen molar-refractivity contribution in [3.63, 3.8) is 0 Å². The Morgan fingerprint density at radius 1 is 1.19 bits per heavy atom. The summed E-state index contributed by atoms with van der Waals surface area (Å²) in [5.74, 6) is 1.98. The maximum atomic E-state index is 11.7. The predicted octanol–water partition coefficient (Wildman–Crippen LogP) is 2.65. The van der Waals surface area contributed by atoms with Crippen molar-refractivity contribution < 1.29 is 8.95 Å². The van der Waals surface area contributed by atoms with E-state index in [0.717, 1.165) is 46.8 Å². The summed E-state index contributed by atoms with van der Waals surface area (Å²) in [6.07, 6.45) is 1.70. The maximum absolute atomic E-state index is 11.7. The normalized spacial score (nSPS) is 16.2. The van der Waals surface area contributed by atoms with Crippen LogP contribution in [0.3, 0.4) is 0 Å². The number of benzene rings is 1. The Kier molecular flexibility index (Phi) is 4.74. The molecule has 1 unspecified atom stereocenters. The van der Waals surface area contributed by atoms with Crippen LogP contribution in [-0.4, -0.2) is 51.7 Å². The van der Waals surface area contributed by atoms with Crippen LogP contribution < -0.4 is 4.90 Å². The third-order valence-corrected chi connectivity index (χ3v) is 5.17. The zero-order valence-electron chi connectivity index (χ0n) is 15.0. The van der Waals surface area contributed by atoms with Crippen molar-refractivity contribution in [1.82, 2.24) is 15.0 Å². The van der Waals surface area contributed by atoms with Crippen LogP contribution in [-0.2, 0) is 21.3 Å². The molecule has 3 aromatic rings. The number of ether oxygens (including phenoxy) is 1. The Hall–Kier alpha value is -2.25. The molecule has 0 spiro atoms. The van der Waals surface area contributed by atoms with Crippen molar-refractivity contribution in [2.24, 2.45) is 0 Å². The monoisotopic (exact) mass is 370 g/mol. The van der Waals surface area contributed by atoms with Crippen molar-refractivity contribution in [3.8, 4) is 11.4 Å². The minimum atomic E-state index is -0.952. The molecule has 0 amide bonds. The number of anilines is 1. The second-order valence-electron chi connectivity index (χ2n) is 6.61. The van der Waals surface area contributed by atoms with Gasteiger partial charge in [-0.2, -0.15) is 0 Å². The Balaban J connectivity index is 1.78. The molecule has 0 radical (unpaired) electrons. The molecule has 1 aromatic carbocycles. The number of nitrogens with one attached hydrogen (secondary N) is 1. The van der Waals surface area contributed by atoms with Crippen molar-refractivity contribution in [3.05, 3.63) is 41.7 Å². The lowest BCUT2D eigenvalue weighted by Crippen LogP contribution is -2.37. The quantitative estimate of drug-likeness (QED) is 0.764. The van der Waals surface area contributed by atoms with E-state index in [4.69, 9.17) is 9.72 Å². The number of nitrogens with zero attached hydrogens (tertiary/aromatic N) is 3. The summed E-state index contributed by atoms with van der Waals surface area (Å²) in [7, 11) is -0.952. The van der Waals surface area contributed by atoms with Crippen molar-refractivity contribution in [2.75, 3.05) is 37.5 Å². The molecule has 26 heavy (non-hydrogen) atoms. The van der Waals surface area contributed by atoms with Crippen molar-refractivity contribution >= 4 is 27.5 Å². The molecule has 2 aromatic heterocycles. The number of hydrogen-bond acceptors (Lipinski definition) is 5. The van der Waals surface area contributed by atoms with Crippen LogP contribution in [0.15, 0.2) is 30.3 Å². The second kappa shape index (κ2) is 7.17. The molecule has 1 aliphatic heterocycles. The van der Waals surface area contributed by atoms with Gasteiger partial charge in [0, 0.05) is 58.4 Å². The number of rotatable bonds is 4. The Morgan fingerprint density at radius 3 is 2.77 bits per heavy atom. The molecular weight excluding hydrogens is 348 g/mol. The lowest BCUT2D eigenvalue weighted by atomic mass is 10.1. The van der Waals surface area contributed by atoms with Crippen molar-refractivity contribution in [2.45, 2.75) is 12.7 Å². The first-order valence-electron chi connectivity index (χ1n) is 8.69. The summed E-state index contributed by atoms with van der Waals surface area (Å²) in [5, 5.41) is 1.14. The number of hydrogen-bond donors (Lipinski definition) is 1. The van der Waals surface area contributed by atoms with E-state index >= 15 is 0 Å². The molecular formula is C19H22N4O2S. The highest BCUT2D eigenvalue weighted by molar-refractivity contribution is 7.83. The highest BCUT2D eigenvalue weighted by atomic mass is 32.2. The fourth-order valence-corrected chi connectivity index (χ4v) is 3.83. The molecule has 1 fully saturated rings. The third-order valence-electron chi connectivity index (χ3n) is 4.47. The van der Waals surface area contributed by atoms with Crippen molar-refractivity contribution in [1.29, 1.82) is 0 Å². The lowest BCUT2D eigenvalue weighted by molar-refractivity contribution is 0.122. The summed E-state index contributed by atoms with van der Waals surface area (Å²) in [6.45, 7) is 5.05. The van der Waals surface area contributed by atoms with E-state index in [9.17, 15) is 4.21 Å². The molecule has 1 atom stereocenters. The summed E-state index contributed by atoms with van der Waals surface area (Å²) in [6, 6.07) is 10.3. The summed E-state index contributed by atoms with van der Waals surface area (Å²) >= 11 is 0. The standard InChI is InChI=1S/C19H22N4O2S/c1-13-9-15-10-14(3-4-17(15)20-13)19-21-16(12-26(2)24)11-18(22-19)23-5-7-25-8-6-23/h3-4,9-11,20H,5-8,12H2,1-2H3. The summed E-state index contributed by atoms with van der Waals surface area (Å²) in [4.78, 5) is 15.0. The molecule has 7 heteroatoms. The first-order valence-corrected chi connectivity index (χ1v) is 10.4. The molecule has 0 saturated carbocycles. The average molecular weight is 370 g/mol. The first kappa shape index (κ1) is 17.2. The second-order valence-corrected chi connectivity index (χ2v) is 8.05. The predicted molar refractivity (Wildman–Crippen MR) is 105 cm³/mol. The van der Waals surface area contributed by atoms with E-state index in [1.54, 1.807) is 6.26 Å². The molecule has 1 N–H and O–H groups in total. The molecule has 3 heterocycles. The molecule has 6 nitrogen and oxygen atoms in total. The fraction of sp³-hybridized carbons (Fsp3) is 0.368. The van der Waals surface area contributed by atoms with Gasteiger partial charge in [0.15, 0.2) is 5.82 Å². The molecule has 4 rings (SSSR count). The highest BCUT2D eigenvalue weighted by Crippen LogP contribution is 2.25. The van der Waals surface area contributed by atoms with E-state index in [1.807, 2.05) is 19.1 Å². The van der Waals surface area contributed by atoms with Gasteiger partial charge in [0.2, 0.25) is 0 Å². The number of aromatic amines is 1. The van der Waals surface area contributed by atoms with Crippen LogP contribution >= 0.6 is 0 Å². The van der Waals surface area contributed by atoms with Gasteiger partial charge in [-0.05, 0) is 31.2 Å². The summed E-state index contributed by atoms with van der Waals surface area (Å²) < 4.78 is 17.2. The smallest absolute Gasteiger partial charge is 0.161 e. The van der Waals surface area contributed by atoms with Gasteiger partial charge < -0.3 is 14.6 Å². The van der Waals surface area contributed by atoms with E-state index in [1.165, 1.54) is 0 Å². The SMILES string of the molecule is Cc1cc2cc(-c3nc(CS(C)=O)cc(N4CCOCC4)n3)ccc2[nH]1. The van der Waals surface area contributed by atoms with Gasteiger partial charge in [0.25, 0.3) is 0 Å². The zero-order valence-corrected chi connectivity index (χ0v) is 15.8. The number of fused-ring (bicyclic) bond motifs is 1. The zero-order chi connectivity index (χ0) is 18.1. The van der Waals surface area contributed by atoms with Crippen LogP contribution in [0.5, 0.6) is 0 Å². The van der Waals surface area contributed by atoms with E-state index in [2.05, 4.69) is 33.1 Å². The lowest BCUT2D eigenvalue weighted by Gasteiger charge is -2.28. The van der Waals surface area contributed by atoms with E-state index in [0.29, 0.717) is 24.8 Å². The van der Waals surface area contributed by atoms with E-state index < -0.39 is 10.8 Å². The number of morpholine rings is 1. The van der Waals surface area contributed by atoms with Gasteiger partial charge in [-0.1, -0.05) is 0 Å². The van der Waals surface area contributed by atoms with E-state index in [-0.39, 0.29) is 0 Å². The molecule has 136 valence electrons. The molecule has 1 aliphatic rings. The topological polar surface area (TPSA) is 71.1 Å². The molecule has 0 aliphatic carbocycles. The Morgan fingerprint density at radius 2 is 2.00 bits per heavy atom. The largest absolute Gasteiger partial charge is 0.378 e. The fourth-order valence-electron chi connectivity index (χ4n) is 3.27. The summed E-state index contributed by atoms with van der Waals surface area (Å²) in [5.41, 5.74) is 4.00. The third kappa shape index (κ3) is 3.64. The first-order chi connectivity index (χ1) is 12.6. The number of aromatic nitrogens is 3. The van der Waals surface area contributed by atoms with Crippen LogP contribution in [0.25, 0.3) is 22.3 Å². The van der Waals surface area contributed by atoms with Crippen LogP contribution in [0.4, 0.5) is 5.82 Å². The maximum Gasteiger partial charge on any atom is 0.161 e. The van der Waals surface area contributed by atoms with Crippen LogP contribution in [0.2, 0.25) is 0 Å². The van der Waals surface area contributed by atoms with Crippen LogP contribution in [0, 0.1) is 6.92 Å². The number of aryl methyl sites for hydroxylation is 1. The van der Waals surface area contributed by atoms with Gasteiger partial charge >= 0.3 is 0 Å².